The van der Waals surface area contributed by atoms with Crippen molar-refractivity contribution in [3.63, 3.8) is 0 Å². The third kappa shape index (κ3) is 2.28. The fourth-order valence-corrected chi connectivity index (χ4v) is 2.96. The highest BCUT2D eigenvalue weighted by molar-refractivity contribution is 7.84. The van der Waals surface area contributed by atoms with Gasteiger partial charge in [-0.15, -0.1) is 0 Å². The van der Waals surface area contributed by atoms with Crippen LogP contribution in [0.15, 0.2) is 29.3 Å². The molecule has 2 aromatic rings. The highest BCUT2D eigenvalue weighted by Crippen LogP contribution is 2.26. The van der Waals surface area contributed by atoms with Crippen LogP contribution in [0.4, 0.5) is 0 Å². The number of rotatable bonds is 2. The normalized spacial score (nSPS) is 12.7. The molecule has 17 heavy (non-hydrogen) atoms. The largest absolute Gasteiger partial charge is 0.259 e. The summed E-state index contributed by atoms with van der Waals surface area (Å²) in [4.78, 5) is 0. The van der Waals surface area contributed by atoms with E-state index in [9.17, 15) is 4.21 Å². The van der Waals surface area contributed by atoms with Gasteiger partial charge in [0.15, 0.2) is 0 Å². The maximum Gasteiger partial charge on any atom is 0.128 e. The number of hydrogen-bond acceptors (Lipinski definition) is 2. The Labute approximate surface area is 108 Å². The van der Waals surface area contributed by atoms with E-state index in [1.54, 1.807) is 10.9 Å². The zero-order valence-electron chi connectivity index (χ0n) is 9.90. The highest BCUT2D eigenvalue weighted by atomic mass is 35.5. The summed E-state index contributed by atoms with van der Waals surface area (Å²) in [6, 6.07) is 7.49. The van der Waals surface area contributed by atoms with Crippen LogP contribution in [0.2, 0.25) is 5.02 Å². The summed E-state index contributed by atoms with van der Waals surface area (Å²) in [5.41, 5.74) is 2.80. The third-order valence-electron chi connectivity index (χ3n) is 2.61. The van der Waals surface area contributed by atoms with Crippen molar-refractivity contribution in [2.75, 3.05) is 6.26 Å². The molecular formula is C12H13ClN2OS. The lowest BCUT2D eigenvalue weighted by Crippen LogP contribution is -2.00. The van der Waals surface area contributed by atoms with Gasteiger partial charge < -0.3 is 0 Å². The molecule has 3 nitrogen and oxygen atoms in total. The van der Waals surface area contributed by atoms with Gasteiger partial charge in [-0.1, -0.05) is 23.7 Å². The lowest BCUT2D eigenvalue weighted by molar-refractivity contribution is 0.654. The quantitative estimate of drug-likeness (QED) is 0.839. The topological polar surface area (TPSA) is 34.9 Å². The average Bonchev–Trinajstić information content (AvgIpc) is 2.55. The second-order valence-electron chi connectivity index (χ2n) is 3.86. The molecule has 1 heterocycles. The maximum absolute atomic E-state index is 11.6. The Balaban J connectivity index is 2.57. The maximum atomic E-state index is 11.6. The molecule has 1 atom stereocenters. The van der Waals surface area contributed by atoms with Crippen molar-refractivity contribution in [2.24, 2.45) is 7.05 Å². The number of hydrogen-bond donors (Lipinski definition) is 0. The molecule has 0 aliphatic rings. The third-order valence-corrected chi connectivity index (χ3v) is 3.98. The highest BCUT2D eigenvalue weighted by Gasteiger charge is 2.16. The van der Waals surface area contributed by atoms with Gasteiger partial charge in [0, 0.05) is 29.5 Å². The molecule has 0 spiro atoms. The molecule has 0 fully saturated rings. The van der Waals surface area contributed by atoms with Crippen molar-refractivity contribution >= 4 is 22.4 Å². The van der Waals surface area contributed by atoms with E-state index in [0.29, 0.717) is 5.02 Å². The van der Waals surface area contributed by atoms with Crippen LogP contribution in [0.3, 0.4) is 0 Å². The number of nitrogens with zero attached hydrogens (tertiary/aromatic N) is 2. The zero-order chi connectivity index (χ0) is 12.6. The molecule has 0 N–H and O–H groups in total. The number of aryl methyl sites for hydroxylation is 1. The standard InChI is InChI=1S/C12H13ClN2OS/c1-8-11(9-4-6-10(13)7-5-9)14-15(2)12(8)17(3)16/h4-7H,1-3H3. The fourth-order valence-electron chi connectivity index (χ4n) is 1.90. The monoisotopic (exact) mass is 268 g/mol. The van der Waals surface area contributed by atoms with Gasteiger partial charge in [-0.2, -0.15) is 5.10 Å². The van der Waals surface area contributed by atoms with Crippen molar-refractivity contribution in [3.8, 4) is 11.3 Å². The summed E-state index contributed by atoms with van der Waals surface area (Å²) in [6.45, 7) is 1.94. The molecule has 0 radical (unpaired) electrons. The molecule has 0 saturated heterocycles. The fraction of sp³-hybridized carbons (Fsp3) is 0.250. The second-order valence-corrected chi connectivity index (χ2v) is 5.59. The molecule has 0 aliphatic carbocycles. The van der Waals surface area contributed by atoms with Crippen LogP contribution in [0, 0.1) is 6.92 Å². The van der Waals surface area contributed by atoms with Crippen LogP contribution >= 0.6 is 11.6 Å². The molecule has 90 valence electrons. The molecule has 1 aromatic heterocycles. The van der Waals surface area contributed by atoms with Crippen LogP contribution in [-0.4, -0.2) is 20.2 Å². The van der Waals surface area contributed by atoms with E-state index in [1.807, 2.05) is 38.2 Å². The number of aromatic nitrogens is 2. The number of benzene rings is 1. The molecule has 2 rings (SSSR count). The molecule has 0 bridgehead atoms. The van der Waals surface area contributed by atoms with Crippen LogP contribution in [0.1, 0.15) is 5.56 Å². The average molecular weight is 269 g/mol. The molecule has 0 amide bonds. The molecule has 0 aliphatic heterocycles. The van der Waals surface area contributed by atoms with Crippen LogP contribution in [0.25, 0.3) is 11.3 Å². The lowest BCUT2D eigenvalue weighted by atomic mass is 10.1. The predicted octanol–water partition coefficient (Wildman–Crippen LogP) is 2.79. The summed E-state index contributed by atoms with van der Waals surface area (Å²) in [7, 11) is 0.774. The van der Waals surface area contributed by atoms with Gasteiger partial charge in [-0.25, -0.2) is 0 Å². The predicted molar refractivity (Wildman–Crippen MR) is 70.7 cm³/mol. The molecule has 5 heteroatoms. The molecular weight excluding hydrogens is 256 g/mol. The Morgan fingerprint density at radius 3 is 2.35 bits per heavy atom. The number of halogens is 1. The Morgan fingerprint density at radius 1 is 1.29 bits per heavy atom. The van der Waals surface area contributed by atoms with Gasteiger partial charge >= 0.3 is 0 Å². The van der Waals surface area contributed by atoms with E-state index in [2.05, 4.69) is 5.10 Å². The van der Waals surface area contributed by atoms with Gasteiger partial charge in [0.25, 0.3) is 0 Å². The summed E-state index contributed by atoms with van der Waals surface area (Å²) < 4.78 is 13.3. The van der Waals surface area contributed by atoms with E-state index < -0.39 is 10.8 Å². The van der Waals surface area contributed by atoms with Gasteiger partial charge in [-0.05, 0) is 19.1 Å². The van der Waals surface area contributed by atoms with E-state index in [-0.39, 0.29) is 0 Å². The Kier molecular flexibility index (Phi) is 3.35. The zero-order valence-corrected chi connectivity index (χ0v) is 11.5. The van der Waals surface area contributed by atoms with Gasteiger partial charge in [0.2, 0.25) is 0 Å². The van der Waals surface area contributed by atoms with Gasteiger partial charge in [-0.3, -0.25) is 8.89 Å². The van der Waals surface area contributed by atoms with Gasteiger partial charge in [0.1, 0.15) is 5.03 Å². The van der Waals surface area contributed by atoms with Crippen LogP contribution < -0.4 is 0 Å². The first-order chi connectivity index (χ1) is 8.00. The summed E-state index contributed by atoms with van der Waals surface area (Å²) >= 11 is 5.85. The van der Waals surface area contributed by atoms with E-state index in [1.165, 1.54) is 0 Å². The summed E-state index contributed by atoms with van der Waals surface area (Å²) in [6.07, 6.45) is 1.66. The van der Waals surface area contributed by atoms with Crippen LogP contribution in [-0.2, 0) is 17.8 Å². The van der Waals surface area contributed by atoms with Crippen molar-refractivity contribution in [1.82, 2.24) is 9.78 Å². The lowest BCUT2D eigenvalue weighted by Gasteiger charge is -1.99. The molecule has 1 unspecified atom stereocenters. The van der Waals surface area contributed by atoms with E-state index >= 15 is 0 Å². The smallest absolute Gasteiger partial charge is 0.128 e. The minimum absolute atomic E-state index is 0.696. The first-order valence-electron chi connectivity index (χ1n) is 5.13. The van der Waals surface area contributed by atoms with Crippen molar-refractivity contribution in [3.05, 3.63) is 34.9 Å². The Hall–Kier alpha value is -1.13. The summed E-state index contributed by atoms with van der Waals surface area (Å²) in [5.74, 6) is 0. The van der Waals surface area contributed by atoms with Gasteiger partial charge in [0.05, 0.1) is 16.5 Å². The first kappa shape index (κ1) is 12.3. The van der Waals surface area contributed by atoms with Crippen molar-refractivity contribution < 1.29 is 4.21 Å². The first-order valence-corrected chi connectivity index (χ1v) is 7.07. The summed E-state index contributed by atoms with van der Waals surface area (Å²) in [5, 5.41) is 5.87. The van der Waals surface area contributed by atoms with Crippen molar-refractivity contribution in [2.45, 2.75) is 11.9 Å². The second kappa shape index (κ2) is 4.63. The molecule has 0 saturated carbocycles. The SMILES string of the molecule is Cc1c(-c2ccc(Cl)cc2)nn(C)c1S(C)=O. The van der Waals surface area contributed by atoms with E-state index in [0.717, 1.165) is 21.8 Å². The minimum atomic E-state index is -1.04. The molecule has 1 aromatic carbocycles. The van der Waals surface area contributed by atoms with Crippen molar-refractivity contribution in [1.29, 1.82) is 0 Å². The Bertz CT molecular complexity index is 575. The minimum Gasteiger partial charge on any atom is -0.259 e. The van der Waals surface area contributed by atoms with Crippen LogP contribution in [0.5, 0.6) is 0 Å². The Morgan fingerprint density at radius 2 is 1.88 bits per heavy atom. The van der Waals surface area contributed by atoms with E-state index in [4.69, 9.17) is 11.6 Å².